The van der Waals surface area contributed by atoms with Gasteiger partial charge < -0.3 is 4.74 Å². The highest BCUT2D eigenvalue weighted by atomic mass is 16.5. The van der Waals surface area contributed by atoms with E-state index in [0.29, 0.717) is 6.61 Å². The summed E-state index contributed by atoms with van der Waals surface area (Å²) in [5.41, 5.74) is 2.16. The third kappa shape index (κ3) is 2.69. The van der Waals surface area contributed by atoms with E-state index >= 15 is 0 Å². The number of esters is 1. The van der Waals surface area contributed by atoms with Crippen molar-refractivity contribution in [1.82, 2.24) is 0 Å². The van der Waals surface area contributed by atoms with Crippen LogP contribution in [0.4, 0.5) is 0 Å². The number of hydrogen-bond donors (Lipinski definition) is 0. The molecule has 0 radical (unpaired) electrons. The van der Waals surface area contributed by atoms with Crippen LogP contribution in [0.15, 0.2) is 42.0 Å². The molecule has 0 spiro atoms. The van der Waals surface area contributed by atoms with Crippen LogP contribution >= 0.6 is 0 Å². The summed E-state index contributed by atoms with van der Waals surface area (Å²) in [5.74, 6) is -0.136. The smallest absolute Gasteiger partial charge is 0.334 e. The number of cyclic esters (lactones) is 1. The molecule has 0 bridgehead atoms. The highest BCUT2D eigenvalue weighted by Gasteiger charge is 2.15. The van der Waals surface area contributed by atoms with Crippen LogP contribution < -0.4 is 0 Å². The fraction of sp³-hybridized carbons (Fsp3) is 0.308. The molecule has 0 saturated heterocycles. The van der Waals surface area contributed by atoms with Crippen molar-refractivity contribution in [1.29, 1.82) is 0 Å². The molecule has 0 atom stereocenters. The Morgan fingerprint density at radius 1 is 1.13 bits per heavy atom. The average Bonchev–Trinajstić information content (AvgIpc) is 2.66. The SMILES string of the molecule is O=C1OCC=C1CCCc1ccccc1. The highest BCUT2D eigenvalue weighted by Crippen LogP contribution is 2.15. The van der Waals surface area contributed by atoms with Gasteiger partial charge in [0, 0.05) is 5.57 Å². The standard InChI is InChI=1S/C13H14O2/c14-13-12(9-10-15-13)8-4-7-11-5-2-1-3-6-11/h1-3,5-6,9H,4,7-8,10H2. The molecule has 1 aromatic carbocycles. The molecule has 2 heteroatoms. The van der Waals surface area contributed by atoms with Crippen molar-refractivity contribution in [2.24, 2.45) is 0 Å². The van der Waals surface area contributed by atoms with E-state index in [2.05, 4.69) is 12.1 Å². The van der Waals surface area contributed by atoms with Gasteiger partial charge in [-0.2, -0.15) is 0 Å². The van der Waals surface area contributed by atoms with Crippen LogP contribution in [0, 0.1) is 0 Å². The summed E-state index contributed by atoms with van der Waals surface area (Å²) in [6, 6.07) is 10.3. The van der Waals surface area contributed by atoms with Gasteiger partial charge in [-0.1, -0.05) is 30.3 Å². The Hall–Kier alpha value is -1.57. The molecule has 0 aliphatic carbocycles. The van der Waals surface area contributed by atoms with E-state index < -0.39 is 0 Å². The number of hydrogen-bond acceptors (Lipinski definition) is 2. The maximum absolute atomic E-state index is 11.1. The topological polar surface area (TPSA) is 26.3 Å². The molecule has 1 heterocycles. The van der Waals surface area contributed by atoms with Crippen molar-refractivity contribution >= 4 is 5.97 Å². The van der Waals surface area contributed by atoms with E-state index in [1.807, 2.05) is 24.3 Å². The van der Waals surface area contributed by atoms with Gasteiger partial charge in [0.1, 0.15) is 6.61 Å². The Balaban J connectivity index is 1.78. The number of rotatable bonds is 4. The summed E-state index contributed by atoms with van der Waals surface area (Å²) in [6.45, 7) is 0.458. The van der Waals surface area contributed by atoms with Crippen LogP contribution in [-0.4, -0.2) is 12.6 Å². The van der Waals surface area contributed by atoms with E-state index in [1.54, 1.807) is 0 Å². The first-order valence-electron chi connectivity index (χ1n) is 5.26. The van der Waals surface area contributed by atoms with Crippen LogP contribution in [0.5, 0.6) is 0 Å². The normalized spacial score (nSPS) is 14.9. The van der Waals surface area contributed by atoms with Crippen molar-refractivity contribution in [3.05, 3.63) is 47.5 Å². The zero-order valence-corrected chi connectivity index (χ0v) is 8.61. The largest absolute Gasteiger partial charge is 0.458 e. The van der Waals surface area contributed by atoms with Gasteiger partial charge in [-0.3, -0.25) is 0 Å². The maximum atomic E-state index is 11.1. The van der Waals surface area contributed by atoms with E-state index in [4.69, 9.17) is 4.74 Å². The number of aryl methyl sites for hydroxylation is 1. The third-order valence-electron chi connectivity index (χ3n) is 2.56. The molecular weight excluding hydrogens is 188 g/mol. The number of benzene rings is 1. The molecular formula is C13H14O2. The van der Waals surface area contributed by atoms with Crippen LogP contribution in [0.2, 0.25) is 0 Å². The molecule has 0 N–H and O–H groups in total. The van der Waals surface area contributed by atoms with Crippen LogP contribution in [0.25, 0.3) is 0 Å². The van der Waals surface area contributed by atoms with Gasteiger partial charge in [0.25, 0.3) is 0 Å². The first kappa shape index (κ1) is 9.97. The lowest BCUT2D eigenvalue weighted by Crippen LogP contribution is -1.99. The minimum Gasteiger partial charge on any atom is -0.458 e. The first-order chi connectivity index (χ1) is 7.36. The number of carbonyl (C=O) groups excluding carboxylic acids is 1. The lowest BCUT2D eigenvalue weighted by molar-refractivity contribution is -0.136. The van der Waals surface area contributed by atoms with Crippen LogP contribution in [-0.2, 0) is 16.0 Å². The van der Waals surface area contributed by atoms with Gasteiger partial charge >= 0.3 is 5.97 Å². The third-order valence-corrected chi connectivity index (χ3v) is 2.56. The van der Waals surface area contributed by atoms with Gasteiger partial charge in [-0.25, -0.2) is 4.79 Å². The second-order valence-electron chi connectivity index (χ2n) is 3.67. The van der Waals surface area contributed by atoms with Crippen molar-refractivity contribution in [2.75, 3.05) is 6.61 Å². The Morgan fingerprint density at radius 2 is 1.93 bits per heavy atom. The maximum Gasteiger partial charge on any atom is 0.334 e. The average molecular weight is 202 g/mol. The van der Waals surface area contributed by atoms with Gasteiger partial charge in [-0.15, -0.1) is 0 Å². The summed E-state index contributed by atoms with van der Waals surface area (Å²) in [6.07, 6.45) is 4.73. The van der Waals surface area contributed by atoms with Crippen molar-refractivity contribution < 1.29 is 9.53 Å². The van der Waals surface area contributed by atoms with Gasteiger partial charge in [0.15, 0.2) is 0 Å². The molecule has 15 heavy (non-hydrogen) atoms. The second-order valence-corrected chi connectivity index (χ2v) is 3.67. The molecule has 2 nitrogen and oxygen atoms in total. The zero-order valence-electron chi connectivity index (χ0n) is 8.61. The Morgan fingerprint density at radius 3 is 2.60 bits per heavy atom. The van der Waals surface area contributed by atoms with Crippen LogP contribution in [0.3, 0.4) is 0 Å². The summed E-state index contributed by atoms with van der Waals surface area (Å²) in [7, 11) is 0. The number of ether oxygens (including phenoxy) is 1. The summed E-state index contributed by atoms with van der Waals surface area (Å²) < 4.78 is 4.84. The van der Waals surface area contributed by atoms with Crippen molar-refractivity contribution in [3.8, 4) is 0 Å². The quantitative estimate of drug-likeness (QED) is 0.701. The van der Waals surface area contributed by atoms with E-state index in [1.165, 1.54) is 5.56 Å². The van der Waals surface area contributed by atoms with Gasteiger partial charge in [-0.05, 0) is 30.9 Å². The summed E-state index contributed by atoms with van der Waals surface area (Å²) in [4.78, 5) is 11.1. The molecule has 0 amide bonds. The predicted molar refractivity (Wildman–Crippen MR) is 58.4 cm³/mol. The van der Waals surface area contributed by atoms with Crippen molar-refractivity contribution in [3.63, 3.8) is 0 Å². The zero-order chi connectivity index (χ0) is 10.5. The fourth-order valence-electron chi connectivity index (χ4n) is 1.73. The van der Waals surface area contributed by atoms with Gasteiger partial charge in [0.2, 0.25) is 0 Å². The highest BCUT2D eigenvalue weighted by molar-refractivity contribution is 5.90. The molecule has 0 unspecified atom stereocenters. The monoisotopic (exact) mass is 202 g/mol. The van der Waals surface area contributed by atoms with E-state index in [0.717, 1.165) is 24.8 Å². The van der Waals surface area contributed by atoms with Crippen molar-refractivity contribution in [2.45, 2.75) is 19.3 Å². The number of carbonyl (C=O) groups is 1. The Kier molecular flexibility index (Phi) is 3.18. The molecule has 1 aliphatic rings. The molecule has 2 rings (SSSR count). The molecule has 1 aliphatic heterocycles. The molecule has 1 aromatic rings. The van der Waals surface area contributed by atoms with E-state index in [-0.39, 0.29) is 5.97 Å². The molecule has 0 fully saturated rings. The Bertz CT molecular complexity index is 365. The Labute approximate surface area is 89.6 Å². The lowest BCUT2D eigenvalue weighted by Gasteiger charge is -2.00. The van der Waals surface area contributed by atoms with E-state index in [9.17, 15) is 4.79 Å². The summed E-state index contributed by atoms with van der Waals surface area (Å²) >= 11 is 0. The minimum atomic E-state index is -0.136. The van der Waals surface area contributed by atoms with Gasteiger partial charge in [0.05, 0.1) is 0 Å². The van der Waals surface area contributed by atoms with Crippen LogP contribution in [0.1, 0.15) is 18.4 Å². The minimum absolute atomic E-state index is 0.136. The molecule has 0 aromatic heterocycles. The predicted octanol–water partition coefficient (Wildman–Crippen LogP) is 2.49. The molecule has 78 valence electrons. The molecule has 0 saturated carbocycles. The first-order valence-corrected chi connectivity index (χ1v) is 5.26. The second kappa shape index (κ2) is 4.78. The lowest BCUT2D eigenvalue weighted by atomic mass is 10.0. The summed E-state index contributed by atoms with van der Waals surface area (Å²) in [5, 5.41) is 0. The fourth-order valence-corrected chi connectivity index (χ4v) is 1.73.